The number of hydrogen-bond acceptors (Lipinski definition) is 5. The Morgan fingerprint density at radius 2 is 1.46 bits per heavy atom. The monoisotopic (exact) mass is 502 g/mol. The fourth-order valence-corrected chi connectivity index (χ4v) is 4.55. The van der Waals surface area contributed by atoms with Crippen molar-refractivity contribution in [3.63, 3.8) is 0 Å². The summed E-state index contributed by atoms with van der Waals surface area (Å²) in [7, 11) is 1.50. The number of benzene rings is 3. The number of nitrogens with zero attached hydrogens (tertiary/aromatic N) is 2. The van der Waals surface area contributed by atoms with Gasteiger partial charge in [0.1, 0.15) is 11.7 Å². The van der Waals surface area contributed by atoms with E-state index in [4.69, 9.17) is 21.2 Å². The molecule has 3 atom stereocenters. The van der Waals surface area contributed by atoms with Gasteiger partial charge in [0.15, 0.2) is 6.10 Å². The number of hydrogen-bond donors (Lipinski definition) is 0. The van der Waals surface area contributed by atoms with Gasteiger partial charge in [0.05, 0.1) is 30.1 Å². The van der Waals surface area contributed by atoms with E-state index in [0.29, 0.717) is 27.7 Å². The number of methoxy groups -OCH3 is 1. The lowest BCUT2D eigenvalue weighted by molar-refractivity contribution is -0.137. The fourth-order valence-electron chi connectivity index (χ4n) is 4.42. The summed E-state index contributed by atoms with van der Waals surface area (Å²) in [5, 5.41) is 1.87. The maximum Gasteiger partial charge on any atom is 0.416 e. The zero-order valence-electron chi connectivity index (χ0n) is 18.2. The predicted molar refractivity (Wildman–Crippen MR) is 122 cm³/mol. The highest BCUT2D eigenvalue weighted by Crippen LogP contribution is 2.48. The van der Waals surface area contributed by atoms with Gasteiger partial charge < -0.3 is 4.74 Å². The third-order valence-electron chi connectivity index (χ3n) is 6.11. The number of hydroxylamine groups is 1. The fraction of sp³-hybridized carbons (Fsp3) is 0.200. The molecule has 6 nitrogen and oxygen atoms in total. The van der Waals surface area contributed by atoms with Crippen LogP contribution >= 0.6 is 11.6 Å². The molecule has 3 aromatic rings. The van der Waals surface area contributed by atoms with Crippen molar-refractivity contribution < 1.29 is 32.3 Å². The molecule has 3 aromatic carbocycles. The predicted octanol–water partition coefficient (Wildman–Crippen LogP) is 5.42. The molecule has 180 valence electrons. The van der Waals surface area contributed by atoms with Crippen LogP contribution in [0.5, 0.6) is 5.75 Å². The molecule has 0 aromatic heterocycles. The van der Waals surface area contributed by atoms with Crippen LogP contribution in [0, 0.1) is 5.92 Å². The zero-order chi connectivity index (χ0) is 24.9. The average Bonchev–Trinajstić information content (AvgIpc) is 3.35. The normalized spacial score (nSPS) is 22.0. The average molecular weight is 503 g/mol. The Bertz CT molecular complexity index is 1260. The third-order valence-corrected chi connectivity index (χ3v) is 6.36. The van der Waals surface area contributed by atoms with Gasteiger partial charge in [-0.05, 0) is 66.2 Å². The lowest BCUT2D eigenvalue weighted by Gasteiger charge is -2.29. The molecule has 5 rings (SSSR count). The summed E-state index contributed by atoms with van der Waals surface area (Å²) in [6.07, 6.45) is -5.65. The highest BCUT2D eigenvalue weighted by Gasteiger charge is 2.60. The molecule has 2 heterocycles. The first-order valence-corrected chi connectivity index (χ1v) is 11.0. The van der Waals surface area contributed by atoms with E-state index in [1.165, 1.54) is 24.3 Å². The molecule has 35 heavy (non-hydrogen) atoms. The third kappa shape index (κ3) is 4.00. The molecule has 0 aliphatic carbocycles. The molecule has 0 unspecified atom stereocenters. The van der Waals surface area contributed by atoms with Gasteiger partial charge in [-0.15, -0.1) is 0 Å². The van der Waals surface area contributed by atoms with Crippen LogP contribution in [0.15, 0.2) is 72.8 Å². The Morgan fingerprint density at radius 1 is 0.857 bits per heavy atom. The van der Waals surface area contributed by atoms with E-state index in [1.807, 2.05) is 0 Å². The van der Waals surface area contributed by atoms with Crippen molar-refractivity contribution in [3.8, 4) is 5.75 Å². The van der Waals surface area contributed by atoms with Gasteiger partial charge in [-0.2, -0.15) is 13.2 Å². The minimum Gasteiger partial charge on any atom is -0.497 e. The topological polar surface area (TPSA) is 59.1 Å². The number of imide groups is 1. The summed E-state index contributed by atoms with van der Waals surface area (Å²) in [6.45, 7) is 0. The number of rotatable bonds is 4. The maximum absolute atomic E-state index is 13.6. The van der Waals surface area contributed by atoms with Crippen LogP contribution in [-0.4, -0.2) is 25.0 Å². The maximum atomic E-state index is 13.6. The minimum absolute atomic E-state index is 0.350. The Kier molecular flexibility index (Phi) is 5.69. The second-order valence-corrected chi connectivity index (χ2v) is 8.56. The Labute approximate surface area is 203 Å². The molecule has 2 aliphatic heterocycles. The van der Waals surface area contributed by atoms with Crippen LogP contribution in [0.4, 0.5) is 24.5 Å². The van der Waals surface area contributed by atoms with Gasteiger partial charge in [0.25, 0.3) is 5.91 Å². The first-order chi connectivity index (χ1) is 16.7. The van der Waals surface area contributed by atoms with Crippen LogP contribution in [-0.2, 0) is 20.6 Å². The van der Waals surface area contributed by atoms with E-state index >= 15 is 0 Å². The highest BCUT2D eigenvalue weighted by molar-refractivity contribution is 6.30. The lowest BCUT2D eigenvalue weighted by atomic mass is 9.90. The minimum atomic E-state index is -4.51. The number of ether oxygens (including phenoxy) is 1. The molecule has 2 amide bonds. The molecule has 0 N–H and O–H groups in total. The molecule has 2 saturated heterocycles. The molecule has 0 spiro atoms. The van der Waals surface area contributed by atoms with Crippen LogP contribution < -0.4 is 14.7 Å². The van der Waals surface area contributed by atoms with Gasteiger partial charge in [-0.1, -0.05) is 23.7 Å². The summed E-state index contributed by atoms with van der Waals surface area (Å²) >= 11 is 5.99. The molecular weight excluding hydrogens is 485 g/mol. The zero-order valence-corrected chi connectivity index (χ0v) is 19.0. The molecular formula is C25H18ClF3N2O4. The standard InChI is InChI=1S/C25H18ClF3N2O4/c1-34-19-12-10-17(11-13-19)30-23(32)20-21(14-2-4-15(5-3-14)25(27,28)29)31(35-22(20)24(30)33)18-8-6-16(26)7-9-18/h2-13,20-22H,1H3/t20-,21+,22+/m1/s1. The Balaban J connectivity index is 1.55. The summed E-state index contributed by atoms with van der Waals surface area (Å²) in [5.74, 6) is -1.48. The SMILES string of the molecule is COc1ccc(N2C(=O)[C@H]3[C@H](ON(c4ccc(Cl)cc4)[C@H]3c3ccc(C(F)(F)F)cc3)C2=O)cc1. The number of carbonyl (C=O) groups excluding carboxylic acids is 2. The van der Waals surface area contributed by atoms with Crippen LogP contribution in [0.1, 0.15) is 17.2 Å². The molecule has 2 aliphatic rings. The van der Waals surface area contributed by atoms with E-state index in [2.05, 4.69) is 0 Å². The van der Waals surface area contributed by atoms with Crippen molar-refractivity contribution in [2.24, 2.45) is 5.92 Å². The molecule has 10 heteroatoms. The van der Waals surface area contributed by atoms with Crippen molar-refractivity contribution >= 4 is 34.8 Å². The van der Waals surface area contributed by atoms with Crippen molar-refractivity contribution in [2.75, 3.05) is 17.1 Å². The van der Waals surface area contributed by atoms with Gasteiger partial charge in [-0.3, -0.25) is 14.4 Å². The molecule has 0 bridgehead atoms. The summed E-state index contributed by atoms with van der Waals surface area (Å²) in [6, 6.07) is 16.6. The second-order valence-electron chi connectivity index (χ2n) is 8.13. The van der Waals surface area contributed by atoms with Crippen molar-refractivity contribution in [3.05, 3.63) is 88.9 Å². The van der Waals surface area contributed by atoms with E-state index in [9.17, 15) is 22.8 Å². The van der Waals surface area contributed by atoms with Gasteiger partial charge in [0.2, 0.25) is 5.91 Å². The van der Waals surface area contributed by atoms with Crippen LogP contribution in [0.25, 0.3) is 0 Å². The molecule has 2 fully saturated rings. The smallest absolute Gasteiger partial charge is 0.416 e. The second kappa shape index (κ2) is 8.58. The first kappa shape index (κ1) is 23.2. The van der Waals surface area contributed by atoms with E-state index in [-0.39, 0.29) is 0 Å². The number of fused-ring (bicyclic) bond motifs is 1. The van der Waals surface area contributed by atoms with E-state index in [1.54, 1.807) is 48.5 Å². The number of carbonyl (C=O) groups is 2. The summed E-state index contributed by atoms with van der Waals surface area (Å²) < 4.78 is 44.5. The van der Waals surface area contributed by atoms with Crippen molar-refractivity contribution in [1.82, 2.24) is 0 Å². The van der Waals surface area contributed by atoms with E-state index in [0.717, 1.165) is 17.0 Å². The number of halogens is 4. The summed E-state index contributed by atoms with van der Waals surface area (Å²) in [5.41, 5.74) is 0.440. The number of amides is 2. The highest BCUT2D eigenvalue weighted by atomic mass is 35.5. The number of alkyl halides is 3. The summed E-state index contributed by atoms with van der Waals surface area (Å²) in [4.78, 5) is 33.9. The van der Waals surface area contributed by atoms with Crippen molar-refractivity contribution in [2.45, 2.75) is 18.3 Å². The van der Waals surface area contributed by atoms with Gasteiger partial charge in [0, 0.05) is 5.02 Å². The van der Waals surface area contributed by atoms with Gasteiger partial charge >= 0.3 is 6.18 Å². The molecule has 0 radical (unpaired) electrons. The van der Waals surface area contributed by atoms with Crippen molar-refractivity contribution in [1.29, 1.82) is 0 Å². The number of anilines is 2. The Morgan fingerprint density at radius 3 is 2.03 bits per heavy atom. The van der Waals surface area contributed by atoms with Gasteiger partial charge in [-0.25, -0.2) is 9.96 Å². The first-order valence-electron chi connectivity index (χ1n) is 10.6. The quantitative estimate of drug-likeness (QED) is 0.446. The Hall–Kier alpha value is -3.56. The molecule has 0 saturated carbocycles. The largest absolute Gasteiger partial charge is 0.497 e. The van der Waals surface area contributed by atoms with E-state index < -0.39 is 41.6 Å². The van der Waals surface area contributed by atoms with Crippen LogP contribution in [0.3, 0.4) is 0 Å². The van der Waals surface area contributed by atoms with Crippen LogP contribution in [0.2, 0.25) is 5.02 Å². The lowest BCUT2D eigenvalue weighted by Crippen LogP contribution is -2.37.